The molecule has 2 rings (SSSR count). The lowest BCUT2D eigenvalue weighted by Crippen LogP contribution is -2.47. The smallest absolute Gasteiger partial charge is 0.345 e. The maximum absolute atomic E-state index is 13.2. The normalized spacial score (nSPS) is 18.3. The van der Waals surface area contributed by atoms with Gasteiger partial charge < -0.3 is 15.5 Å². The summed E-state index contributed by atoms with van der Waals surface area (Å²) in [5.41, 5.74) is -0.746. The number of alkyl halides is 3. The molecule has 0 spiro atoms. The molecule has 23 heavy (non-hydrogen) atoms. The van der Waals surface area contributed by atoms with E-state index >= 15 is 0 Å². The largest absolute Gasteiger partial charge is 0.416 e. The van der Waals surface area contributed by atoms with Crippen LogP contribution in [0.3, 0.4) is 0 Å². The second kappa shape index (κ2) is 5.94. The van der Waals surface area contributed by atoms with Gasteiger partial charge in [0, 0.05) is 19.8 Å². The van der Waals surface area contributed by atoms with E-state index in [9.17, 15) is 22.8 Å². The van der Waals surface area contributed by atoms with E-state index in [4.69, 9.17) is 0 Å². The molecule has 8 heteroatoms. The summed E-state index contributed by atoms with van der Waals surface area (Å²) in [6.07, 6.45) is -4.59. The van der Waals surface area contributed by atoms with Gasteiger partial charge in [-0.1, -0.05) is 18.2 Å². The molecular formula is C15H16F3N3O2. The van der Waals surface area contributed by atoms with Crippen molar-refractivity contribution >= 4 is 11.9 Å². The number of amides is 3. The summed E-state index contributed by atoms with van der Waals surface area (Å²) in [4.78, 5) is 25.3. The first-order valence-electron chi connectivity index (χ1n) is 6.79. The molecule has 0 fully saturated rings. The molecule has 5 nitrogen and oxygen atoms in total. The van der Waals surface area contributed by atoms with Crippen molar-refractivity contribution in [2.75, 3.05) is 14.1 Å². The van der Waals surface area contributed by atoms with Crippen molar-refractivity contribution in [2.45, 2.75) is 19.1 Å². The van der Waals surface area contributed by atoms with E-state index in [-0.39, 0.29) is 16.8 Å². The van der Waals surface area contributed by atoms with E-state index in [1.165, 1.54) is 44.1 Å². The molecule has 1 unspecified atom stereocenters. The van der Waals surface area contributed by atoms with Crippen LogP contribution in [0.5, 0.6) is 0 Å². The van der Waals surface area contributed by atoms with Gasteiger partial charge in [-0.3, -0.25) is 4.79 Å². The van der Waals surface area contributed by atoms with Crippen LogP contribution in [0.4, 0.5) is 18.0 Å². The standard InChI is InChI=1S/C15H16F3N3O2/c1-8-11(13(22)21(2)3)12(20-14(23)19-8)9-6-4-5-7-10(9)15(16,17)18/h4-7,12H,1-3H3,(H2,19,20,23). The summed E-state index contributed by atoms with van der Waals surface area (Å²) in [6, 6.07) is 3.06. The molecular weight excluding hydrogens is 311 g/mol. The third kappa shape index (κ3) is 3.30. The molecule has 0 radical (unpaired) electrons. The molecule has 1 aromatic rings. The Labute approximate surface area is 131 Å². The van der Waals surface area contributed by atoms with Gasteiger partial charge in [-0.2, -0.15) is 13.2 Å². The highest BCUT2D eigenvalue weighted by Gasteiger charge is 2.39. The Bertz CT molecular complexity index is 681. The second-order valence-electron chi connectivity index (χ2n) is 5.35. The summed E-state index contributed by atoms with van der Waals surface area (Å²) in [7, 11) is 2.98. The van der Waals surface area contributed by atoms with Gasteiger partial charge in [0.25, 0.3) is 5.91 Å². The lowest BCUT2D eigenvalue weighted by atomic mass is 9.91. The molecule has 0 saturated heterocycles. The maximum Gasteiger partial charge on any atom is 0.416 e. The number of hydrogen-bond acceptors (Lipinski definition) is 2. The molecule has 2 N–H and O–H groups in total. The number of halogens is 3. The van der Waals surface area contributed by atoms with Crippen LogP contribution in [-0.2, 0) is 11.0 Å². The highest BCUT2D eigenvalue weighted by Crippen LogP contribution is 2.38. The van der Waals surface area contributed by atoms with Crippen LogP contribution >= 0.6 is 0 Å². The first-order valence-corrected chi connectivity index (χ1v) is 6.79. The Morgan fingerprint density at radius 2 is 1.83 bits per heavy atom. The number of likely N-dealkylation sites (N-methyl/N-ethyl adjacent to an activating group) is 1. The fraction of sp³-hybridized carbons (Fsp3) is 0.333. The number of nitrogens with zero attached hydrogens (tertiary/aromatic N) is 1. The lowest BCUT2D eigenvalue weighted by Gasteiger charge is -2.31. The van der Waals surface area contributed by atoms with Crippen LogP contribution in [0.1, 0.15) is 24.1 Å². The molecule has 0 bridgehead atoms. The molecule has 1 atom stereocenters. The number of benzene rings is 1. The van der Waals surface area contributed by atoms with Gasteiger partial charge in [0.2, 0.25) is 0 Å². The average Bonchev–Trinajstić information content (AvgIpc) is 2.44. The number of carbonyl (C=O) groups is 2. The van der Waals surface area contributed by atoms with E-state index in [1.54, 1.807) is 0 Å². The van der Waals surface area contributed by atoms with Crippen LogP contribution < -0.4 is 10.6 Å². The minimum Gasteiger partial charge on any atom is -0.345 e. The van der Waals surface area contributed by atoms with Gasteiger partial charge in [-0.15, -0.1) is 0 Å². The van der Waals surface area contributed by atoms with Gasteiger partial charge in [0.15, 0.2) is 0 Å². The van der Waals surface area contributed by atoms with E-state index in [0.29, 0.717) is 0 Å². The predicted octanol–water partition coefficient (Wildman–Crippen LogP) is 2.42. The Morgan fingerprint density at radius 1 is 1.22 bits per heavy atom. The minimum atomic E-state index is -4.59. The summed E-state index contributed by atoms with van der Waals surface area (Å²) in [5, 5.41) is 4.83. The van der Waals surface area contributed by atoms with Crippen molar-refractivity contribution in [1.82, 2.24) is 15.5 Å². The summed E-state index contributed by atoms with van der Waals surface area (Å²) < 4.78 is 39.7. The highest BCUT2D eigenvalue weighted by molar-refractivity contribution is 5.98. The average molecular weight is 327 g/mol. The second-order valence-corrected chi connectivity index (χ2v) is 5.35. The van der Waals surface area contributed by atoms with E-state index in [1.807, 2.05) is 0 Å². The monoisotopic (exact) mass is 327 g/mol. The molecule has 0 aromatic heterocycles. The van der Waals surface area contributed by atoms with Gasteiger partial charge in [0.1, 0.15) is 0 Å². The van der Waals surface area contributed by atoms with E-state index < -0.39 is 29.7 Å². The molecule has 1 aromatic carbocycles. The molecule has 0 saturated carbocycles. The Morgan fingerprint density at radius 3 is 2.39 bits per heavy atom. The summed E-state index contributed by atoms with van der Waals surface area (Å²) in [5.74, 6) is -0.475. The summed E-state index contributed by atoms with van der Waals surface area (Å²) in [6.45, 7) is 1.48. The quantitative estimate of drug-likeness (QED) is 0.876. The number of urea groups is 1. The van der Waals surface area contributed by atoms with Crippen molar-refractivity contribution in [3.05, 3.63) is 46.7 Å². The number of allylic oxidation sites excluding steroid dienone is 1. The topological polar surface area (TPSA) is 61.4 Å². The first-order chi connectivity index (χ1) is 10.6. The van der Waals surface area contributed by atoms with Gasteiger partial charge in [-0.05, 0) is 18.6 Å². The fourth-order valence-electron chi connectivity index (χ4n) is 2.46. The predicted molar refractivity (Wildman–Crippen MR) is 77.2 cm³/mol. The van der Waals surface area contributed by atoms with Crippen LogP contribution in [0.25, 0.3) is 0 Å². The van der Waals surface area contributed by atoms with Gasteiger partial charge >= 0.3 is 12.2 Å². The van der Waals surface area contributed by atoms with Crippen LogP contribution in [0, 0.1) is 0 Å². The van der Waals surface area contributed by atoms with Crippen LogP contribution in [-0.4, -0.2) is 30.9 Å². The Kier molecular flexibility index (Phi) is 4.35. The van der Waals surface area contributed by atoms with Crippen molar-refractivity contribution in [2.24, 2.45) is 0 Å². The zero-order valence-corrected chi connectivity index (χ0v) is 12.8. The Balaban J connectivity index is 2.63. The maximum atomic E-state index is 13.2. The molecule has 124 valence electrons. The van der Waals surface area contributed by atoms with E-state index in [2.05, 4.69) is 10.6 Å². The number of carbonyl (C=O) groups excluding carboxylic acids is 2. The lowest BCUT2D eigenvalue weighted by molar-refractivity contribution is -0.138. The highest BCUT2D eigenvalue weighted by atomic mass is 19.4. The SMILES string of the molecule is CC1=C(C(=O)N(C)C)C(c2ccccc2C(F)(F)F)NC(=O)N1. The molecule has 1 aliphatic heterocycles. The van der Waals surface area contributed by atoms with E-state index in [0.717, 1.165) is 6.07 Å². The molecule has 0 aliphatic carbocycles. The fourth-order valence-corrected chi connectivity index (χ4v) is 2.46. The van der Waals surface area contributed by atoms with Crippen molar-refractivity contribution in [3.63, 3.8) is 0 Å². The van der Waals surface area contributed by atoms with Gasteiger partial charge in [0.05, 0.1) is 17.2 Å². The Hall–Kier alpha value is -2.51. The van der Waals surface area contributed by atoms with Crippen LogP contribution in [0.2, 0.25) is 0 Å². The number of hydrogen-bond donors (Lipinski definition) is 2. The number of nitrogens with one attached hydrogen (secondary N) is 2. The molecule has 3 amide bonds. The molecule has 1 aliphatic rings. The number of rotatable bonds is 2. The van der Waals surface area contributed by atoms with Crippen molar-refractivity contribution < 1.29 is 22.8 Å². The van der Waals surface area contributed by atoms with Crippen molar-refractivity contribution in [3.8, 4) is 0 Å². The third-order valence-electron chi connectivity index (χ3n) is 3.48. The minimum absolute atomic E-state index is 0.0753. The molecule has 1 heterocycles. The summed E-state index contributed by atoms with van der Waals surface area (Å²) >= 11 is 0. The van der Waals surface area contributed by atoms with Crippen LogP contribution in [0.15, 0.2) is 35.5 Å². The third-order valence-corrected chi connectivity index (χ3v) is 3.48. The zero-order valence-electron chi connectivity index (χ0n) is 12.8. The first kappa shape index (κ1) is 16.9. The zero-order chi connectivity index (χ0) is 17.4. The van der Waals surface area contributed by atoms with Gasteiger partial charge in [-0.25, -0.2) is 4.79 Å². The van der Waals surface area contributed by atoms with Crippen molar-refractivity contribution in [1.29, 1.82) is 0 Å².